The van der Waals surface area contributed by atoms with Gasteiger partial charge in [-0.1, -0.05) is 6.92 Å². The molecule has 23 heavy (non-hydrogen) atoms. The summed E-state index contributed by atoms with van der Waals surface area (Å²) in [5.41, 5.74) is 0. The predicted octanol–water partition coefficient (Wildman–Crippen LogP) is 1.96. The Morgan fingerprint density at radius 1 is 1.39 bits per heavy atom. The molecule has 1 fully saturated rings. The molecule has 1 aliphatic rings. The van der Waals surface area contributed by atoms with E-state index in [2.05, 4.69) is 22.5 Å². The number of furan rings is 1. The molecule has 2 rings (SSSR count). The third kappa shape index (κ3) is 7.52. The standard InChI is InChI=1S/C17H29N3O3/c1-2-8-18-17(20-10-6-15-5-3-11-22-15)19-9-4-12-23-16-7-13-21-14-16/h3,5,11,16H,2,4,6-10,12-14H2,1H3,(H2,18,19,20). The van der Waals surface area contributed by atoms with Crippen LogP contribution in [0.2, 0.25) is 0 Å². The number of guanidine groups is 1. The van der Waals surface area contributed by atoms with Gasteiger partial charge in [-0.25, -0.2) is 0 Å². The molecule has 6 nitrogen and oxygen atoms in total. The van der Waals surface area contributed by atoms with Crippen LogP contribution in [0.15, 0.2) is 27.8 Å². The Balaban J connectivity index is 1.58. The lowest BCUT2D eigenvalue weighted by Gasteiger charge is -2.13. The normalized spacial score (nSPS) is 18.3. The van der Waals surface area contributed by atoms with Crippen molar-refractivity contribution >= 4 is 5.96 Å². The van der Waals surface area contributed by atoms with E-state index >= 15 is 0 Å². The second-order valence-electron chi connectivity index (χ2n) is 5.62. The van der Waals surface area contributed by atoms with Crippen LogP contribution < -0.4 is 10.6 Å². The fraction of sp³-hybridized carbons (Fsp3) is 0.706. The summed E-state index contributed by atoms with van der Waals surface area (Å²) < 4.78 is 16.4. The van der Waals surface area contributed by atoms with Gasteiger partial charge in [0.25, 0.3) is 0 Å². The molecular formula is C17H29N3O3. The quantitative estimate of drug-likeness (QED) is 0.391. The maximum Gasteiger partial charge on any atom is 0.191 e. The predicted molar refractivity (Wildman–Crippen MR) is 90.8 cm³/mol. The highest BCUT2D eigenvalue weighted by molar-refractivity contribution is 5.79. The van der Waals surface area contributed by atoms with E-state index in [-0.39, 0.29) is 6.10 Å². The Morgan fingerprint density at radius 2 is 2.30 bits per heavy atom. The summed E-state index contributed by atoms with van der Waals surface area (Å²) >= 11 is 0. The van der Waals surface area contributed by atoms with Crippen LogP contribution in [0, 0.1) is 0 Å². The molecule has 130 valence electrons. The zero-order valence-corrected chi connectivity index (χ0v) is 14.1. The largest absolute Gasteiger partial charge is 0.469 e. The molecular weight excluding hydrogens is 294 g/mol. The minimum Gasteiger partial charge on any atom is -0.469 e. The van der Waals surface area contributed by atoms with Crippen molar-refractivity contribution in [1.29, 1.82) is 0 Å². The van der Waals surface area contributed by atoms with Gasteiger partial charge in [-0.15, -0.1) is 0 Å². The van der Waals surface area contributed by atoms with Crippen LogP contribution in [0.1, 0.15) is 31.9 Å². The van der Waals surface area contributed by atoms with Gasteiger partial charge in [0.1, 0.15) is 5.76 Å². The van der Waals surface area contributed by atoms with Crippen LogP contribution in [0.3, 0.4) is 0 Å². The third-order valence-electron chi connectivity index (χ3n) is 3.59. The summed E-state index contributed by atoms with van der Waals surface area (Å²) in [4.78, 5) is 4.54. The maximum atomic E-state index is 5.76. The number of aliphatic imine (C=N–C) groups is 1. The monoisotopic (exact) mass is 323 g/mol. The molecule has 0 amide bonds. The third-order valence-corrected chi connectivity index (χ3v) is 3.59. The van der Waals surface area contributed by atoms with Crippen molar-refractivity contribution in [3.05, 3.63) is 24.2 Å². The lowest BCUT2D eigenvalue weighted by molar-refractivity contribution is 0.0420. The van der Waals surface area contributed by atoms with Crippen molar-refractivity contribution in [2.24, 2.45) is 4.99 Å². The highest BCUT2D eigenvalue weighted by Crippen LogP contribution is 2.07. The van der Waals surface area contributed by atoms with Crippen LogP contribution in [-0.4, -0.2) is 51.5 Å². The second kappa shape index (κ2) is 11.1. The van der Waals surface area contributed by atoms with E-state index in [9.17, 15) is 0 Å². The van der Waals surface area contributed by atoms with E-state index in [0.29, 0.717) is 0 Å². The highest BCUT2D eigenvalue weighted by Gasteiger charge is 2.15. The molecule has 1 atom stereocenters. The van der Waals surface area contributed by atoms with Crippen molar-refractivity contribution in [2.75, 3.05) is 39.5 Å². The number of nitrogens with one attached hydrogen (secondary N) is 2. The summed E-state index contributed by atoms with van der Waals surface area (Å²) in [7, 11) is 0. The Bertz CT molecular complexity index is 428. The number of hydrogen-bond acceptors (Lipinski definition) is 4. The molecule has 1 aromatic heterocycles. The molecule has 2 N–H and O–H groups in total. The molecule has 0 spiro atoms. The first kappa shape index (κ1) is 17.8. The Kier molecular flexibility index (Phi) is 8.58. The molecule has 0 aliphatic carbocycles. The van der Waals surface area contributed by atoms with E-state index in [1.807, 2.05) is 12.1 Å². The lowest BCUT2D eigenvalue weighted by atomic mass is 10.3. The minimum absolute atomic E-state index is 0.287. The number of ether oxygens (including phenoxy) is 2. The number of nitrogens with zero attached hydrogens (tertiary/aromatic N) is 1. The van der Waals surface area contributed by atoms with Crippen molar-refractivity contribution < 1.29 is 13.9 Å². The van der Waals surface area contributed by atoms with E-state index in [1.165, 1.54) is 0 Å². The zero-order valence-electron chi connectivity index (χ0n) is 14.1. The Hall–Kier alpha value is -1.53. The smallest absolute Gasteiger partial charge is 0.191 e. The summed E-state index contributed by atoms with van der Waals surface area (Å²) in [6, 6.07) is 3.90. The number of hydrogen-bond donors (Lipinski definition) is 2. The molecule has 1 aromatic rings. The SMILES string of the molecule is CCCN=C(NCCCOC1CCOC1)NCCc1ccco1. The van der Waals surface area contributed by atoms with Crippen molar-refractivity contribution in [3.63, 3.8) is 0 Å². The molecule has 1 aliphatic heterocycles. The van der Waals surface area contributed by atoms with Gasteiger partial charge in [0.15, 0.2) is 5.96 Å². The summed E-state index contributed by atoms with van der Waals surface area (Å²) in [6.45, 7) is 6.94. The van der Waals surface area contributed by atoms with Crippen molar-refractivity contribution in [3.8, 4) is 0 Å². The summed E-state index contributed by atoms with van der Waals surface area (Å²) in [5.74, 6) is 1.85. The first-order valence-electron chi connectivity index (χ1n) is 8.62. The summed E-state index contributed by atoms with van der Waals surface area (Å²) in [5, 5.41) is 6.70. The van der Waals surface area contributed by atoms with Crippen LogP contribution in [0.5, 0.6) is 0 Å². The Labute approximate surface area is 138 Å². The van der Waals surface area contributed by atoms with Gasteiger partial charge in [0.05, 0.1) is 19.0 Å². The average Bonchev–Trinajstić information content (AvgIpc) is 3.25. The van der Waals surface area contributed by atoms with E-state index in [1.54, 1.807) is 6.26 Å². The Morgan fingerprint density at radius 3 is 3.04 bits per heavy atom. The van der Waals surface area contributed by atoms with Crippen LogP contribution in [0.4, 0.5) is 0 Å². The molecule has 0 aromatic carbocycles. The molecule has 2 heterocycles. The fourth-order valence-electron chi connectivity index (χ4n) is 2.33. The molecule has 0 saturated carbocycles. The van der Waals surface area contributed by atoms with Gasteiger partial charge in [0, 0.05) is 39.3 Å². The first-order valence-corrected chi connectivity index (χ1v) is 8.62. The van der Waals surface area contributed by atoms with Crippen LogP contribution >= 0.6 is 0 Å². The van der Waals surface area contributed by atoms with Gasteiger partial charge in [-0.2, -0.15) is 0 Å². The first-order chi connectivity index (χ1) is 11.4. The van der Waals surface area contributed by atoms with E-state index in [0.717, 1.165) is 76.9 Å². The summed E-state index contributed by atoms with van der Waals surface area (Å²) in [6.07, 6.45) is 5.86. The molecule has 1 saturated heterocycles. The average molecular weight is 323 g/mol. The van der Waals surface area contributed by atoms with Crippen molar-refractivity contribution in [2.45, 2.75) is 38.7 Å². The van der Waals surface area contributed by atoms with Crippen molar-refractivity contribution in [1.82, 2.24) is 10.6 Å². The van der Waals surface area contributed by atoms with E-state index in [4.69, 9.17) is 13.9 Å². The topological polar surface area (TPSA) is 68.0 Å². The second-order valence-corrected chi connectivity index (χ2v) is 5.62. The zero-order chi connectivity index (χ0) is 16.2. The van der Waals surface area contributed by atoms with Gasteiger partial charge in [-0.3, -0.25) is 4.99 Å². The van der Waals surface area contributed by atoms with Crippen LogP contribution in [-0.2, 0) is 15.9 Å². The number of rotatable bonds is 10. The molecule has 1 unspecified atom stereocenters. The van der Waals surface area contributed by atoms with Crippen LogP contribution in [0.25, 0.3) is 0 Å². The van der Waals surface area contributed by atoms with Gasteiger partial charge >= 0.3 is 0 Å². The fourth-order valence-corrected chi connectivity index (χ4v) is 2.33. The minimum atomic E-state index is 0.287. The van der Waals surface area contributed by atoms with Gasteiger partial charge < -0.3 is 24.5 Å². The molecule has 0 bridgehead atoms. The molecule has 0 radical (unpaired) electrons. The lowest BCUT2D eigenvalue weighted by Crippen LogP contribution is -2.39. The van der Waals surface area contributed by atoms with Gasteiger partial charge in [0.2, 0.25) is 0 Å². The van der Waals surface area contributed by atoms with E-state index < -0.39 is 0 Å². The molecule has 6 heteroatoms. The highest BCUT2D eigenvalue weighted by atomic mass is 16.5. The maximum absolute atomic E-state index is 5.76. The van der Waals surface area contributed by atoms with Gasteiger partial charge in [-0.05, 0) is 31.4 Å².